The zero-order valence-corrected chi connectivity index (χ0v) is 14.6. The molecule has 0 atom stereocenters. The maximum Gasteiger partial charge on any atom is 0.153 e. The van der Waals surface area contributed by atoms with E-state index in [1.165, 1.54) is 31.7 Å². The van der Waals surface area contributed by atoms with Crippen molar-refractivity contribution in [2.24, 2.45) is 0 Å². The number of hydrogen-bond acceptors (Lipinski definition) is 3. The Kier molecular flexibility index (Phi) is 7.53. The largest absolute Gasteiger partial charge is 0.497 e. The number of halogens is 1. The smallest absolute Gasteiger partial charge is 0.153 e. The van der Waals surface area contributed by atoms with Crippen molar-refractivity contribution in [3.63, 3.8) is 0 Å². The fourth-order valence-electron chi connectivity index (χ4n) is 2.53. The molecule has 0 aliphatic carbocycles. The summed E-state index contributed by atoms with van der Waals surface area (Å²) in [6.45, 7) is 2.81. The standard InChI is InChI=1S/C20H26FNO2/c1-3-4-5-6-7-8-13-24-18-14-19(21)20(22-15-18)16-9-11-17(23-2)12-10-16/h9-12,14-15H,3-8,13H2,1-2H3. The van der Waals surface area contributed by atoms with Crippen molar-refractivity contribution in [2.75, 3.05) is 13.7 Å². The predicted molar refractivity (Wildman–Crippen MR) is 95.1 cm³/mol. The van der Waals surface area contributed by atoms with E-state index in [0.717, 1.165) is 24.2 Å². The van der Waals surface area contributed by atoms with E-state index in [1.807, 2.05) is 0 Å². The Hall–Kier alpha value is -2.10. The number of rotatable bonds is 10. The van der Waals surface area contributed by atoms with Crippen molar-refractivity contribution >= 4 is 0 Å². The minimum atomic E-state index is -0.374. The third-order valence-electron chi connectivity index (χ3n) is 3.95. The lowest BCUT2D eigenvalue weighted by molar-refractivity contribution is 0.301. The number of methoxy groups -OCH3 is 1. The first-order valence-corrected chi connectivity index (χ1v) is 8.67. The molecule has 1 aromatic heterocycles. The molecule has 1 aromatic carbocycles. The van der Waals surface area contributed by atoms with Gasteiger partial charge in [0.1, 0.15) is 17.2 Å². The van der Waals surface area contributed by atoms with Crippen molar-refractivity contribution in [1.82, 2.24) is 4.98 Å². The van der Waals surface area contributed by atoms with E-state index < -0.39 is 0 Å². The van der Waals surface area contributed by atoms with Gasteiger partial charge in [-0.1, -0.05) is 39.0 Å². The van der Waals surface area contributed by atoms with Crippen molar-refractivity contribution < 1.29 is 13.9 Å². The second-order valence-electron chi connectivity index (χ2n) is 5.85. The number of hydrogen-bond donors (Lipinski definition) is 0. The Morgan fingerprint density at radius 3 is 2.33 bits per heavy atom. The highest BCUT2D eigenvalue weighted by Gasteiger charge is 2.09. The molecular formula is C20H26FNO2. The van der Waals surface area contributed by atoms with Gasteiger partial charge < -0.3 is 9.47 Å². The van der Waals surface area contributed by atoms with E-state index >= 15 is 0 Å². The summed E-state index contributed by atoms with van der Waals surface area (Å²) in [6, 6.07) is 8.57. The molecule has 2 rings (SSSR count). The lowest BCUT2D eigenvalue weighted by atomic mass is 10.1. The average molecular weight is 331 g/mol. The molecule has 1 heterocycles. The normalized spacial score (nSPS) is 10.6. The van der Waals surface area contributed by atoms with Gasteiger partial charge in [0.25, 0.3) is 0 Å². The van der Waals surface area contributed by atoms with E-state index in [2.05, 4.69) is 11.9 Å². The molecule has 0 aliphatic rings. The second kappa shape index (κ2) is 9.91. The molecule has 2 aromatic rings. The number of nitrogens with zero attached hydrogens (tertiary/aromatic N) is 1. The molecule has 4 heteroatoms. The van der Waals surface area contributed by atoms with Crippen LogP contribution in [-0.4, -0.2) is 18.7 Å². The summed E-state index contributed by atoms with van der Waals surface area (Å²) in [5.41, 5.74) is 1.04. The fraction of sp³-hybridized carbons (Fsp3) is 0.450. The van der Waals surface area contributed by atoms with Gasteiger partial charge in [0.15, 0.2) is 5.82 Å². The van der Waals surface area contributed by atoms with Crippen LogP contribution in [0.25, 0.3) is 11.3 Å². The van der Waals surface area contributed by atoms with Gasteiger partial charge in [0, 0.05) is 11.6 Å². The van der Waals surface area contributed by atoms with Gasteiger partial charge in [-0.05, 0) is 30.7 Å². The Bertz CT molecular complexity index is 614. The lowest BCUT2D eigenvalue weighted by Gasteiger charge is -2.08. The second-order valence-corrected chi connectivity index (χ2v) is 5.85. The summed E-state index contributed by atoms with van der Waals surface area (Å²) >= 11 is 0. The minimum absolute atomic E-state index is 0.324. The Morgan fingerprint density at radius 2 is 1.67 bits per heavy atom. The average Bonchev–Trinajstić information content (AvgIpc) is 2.61. The van der Waals surface area contributed by atoms with E-state index in [9.17, 15) is 4.39 Å². The zero-order chi connectivity index (χ0) is 17.2. The molecular weight excluding hydrogens is 305 g/mol. The van der Waals surface area contributed by atoms with E-state index in [1.54, 1.807) is 37.6 Å². The van der Waals surface area contributed by atoms with Crippen LogP contribution in [0.4, 0.5) is 4.39 Å². The molecule has 0 N–H and O–H groups in total. The van der Waals surface area contributed by atoms with E-state index in [4.69, 9.17) is 9.47 Å². The van der Waals surface area contributed by atoms with Crippen LogP contribution < -0.4 is 9.47 Å². The van der Waals surface area contributed by atoms with E-state index in [0.29, 0.717) is 18.1 Å². The monoisotopic (exact) mass is 331 g/mol. The fourth-order valence-corrected chi connectivity index (χ4v) is 2.53. The van der Waals surface area contributed by atoms with Gasteiger partial charge in [-0.3, -0.25) is 0 Å². The first kappa shape index (κ1) is 18.2. The SMILES string of the molecule is CCCCCCCCOc1cnc(-c2ccc(OC)cc2)c(F)c1. The van der Waals surface area contributed by atoms with Crippen LogP contribution in [0.15, 0.2) is 36.5 Å². The highest BCUT2D eigenvalue weighted by molar-refractivity contribution is 5.61. The van der Waals surface area contributed by atoms with Crippen molar-refractivity contribution in [3.05, 3.63) is 42.3 Å². The number of ether oxygens (including phenoxy) is 2. The van der Waals surface area contributed by atoms with Gasteiger partial charge >= 0.3 is 0 Å². The van der Waals surface area contributed by atoms with Crippen LogP contribution in [0.3, 0.4) is 0 Å². The van der Waals surface area contributed by atoms with Crippen molar-refractivity contribution in [3.8, 4) is 22.8 Å². The molecule has 0 amide bonds. The number of benzene rings is 1. The van der Waals surface area contributed by atoms with Crippen molar-refractivity contribution in [1.29, 1.82) is 0 Å². The molecule has 0 aliphatic heterocycles. The summed E-state index contributed by atoms with van der Waals surface area (Å²) in [4.78, 5) is 4.20. The molecule has 0 fully saturated rings. The maximum atomic E-state index is 14.3. The van der Waals surface area contributed by atoms with Gasteiger partial charge in [-0.2, -0.15) is 0 Å². The van der Waals surface area contributed by atoms with Crippen LogP contribution in [0.5, 0.6) is 11.5 Å². The number of pyridine rings is 1. The summed E-state index contributed by atoms with van der Waals surface area (Å²) < 4.78 is 25.0. The molecule has 0 spiro atoms. The van der Waals surface area contributed by atoms with Gasteiger partial charge in [-0.15, -0.1) is 0 Å². The third kappa shape index (κ3) is 5.52. The van der Waals surface area contributed by atoms with Gasteiger partial charge in [0.2, 0.25) is 0 Å². The highest BCUT2D eigenvalue weighted by atomic mass is 19.1. The molecule has 0 unspecified atom stereocenters. The van der Waals surface area contributed by atoms with Gasteiger partial charge in [0.05, 0.1) is 19.9 Å². The molecule has 0 saturated carbocycles. The lowest BCUT2D eigenvalue weighted by Crippen LogP contribution is -1.99. The zero-order valence-electron chi connectivity index (χ0n) is 14.6. The van der Waals surface area contributed by atoms with Crippen molar-refractivity contribution in [2.45, 2.75) is 45.4 Å². The first-order valence-electron chi connectivity index (χ1n) is 8.67. The quantitative estimate of drug-likeness (QED) is 0.528. The molecule has 3 nitrogen and oxygen atoms in total. The minimum Gasteiger partial charge on any atom is -0.497 e. The van der Waals surface area contributed by atoms with Crippen LogP contribution in [0.2, 0.25) is 0 Å². The summed E-state index contributed by atoms with van der Waals surface area (Å²) in [5, 5.41) is 0. The predicted octanol–water partition coefficient (Wildman–Crippen LogP) is 5.64. The number of aromatic nitrogens is 1. The Labute approximate surface area is 143 Å². The highest BCUT2D eigenvalue weighted by Crippen LogP contribution is 2.25. The summed E-state index contributed by atoms with van der Waals surface area (Å²) in [6.07, 6.45) is 8.79. The van der Waals surface area contributed by atoms with E-state index in [-0.39, 0.29) is 5.82 Å². The molecule has 0 saturated heterocycles. The first-order chi connectivity index (χ1) is 11.7. The van der Waals surface area contributed by atoms with Crippen LogP contribution in [0, 0.1) is 5.82 Å². The Balaban J connectivity index is 1.85. The topological polar surface area (TPSA) is 31.4 Å². The summed E-state index contributed by atoms with van der Waals surface area (Å²) in [7, 11) is 1.60. The molecule has 0 bridgehead atoms. The maximum absolute atomic E-state index is 14.3. The molecule has 24 heavy (non-hydrogen) atoms. The molecule has 0 radical (unpaired) electrons. The van der Waals surface area contributed by atoms with Crippen LogP contribution in [-0.2, 0) is 0 Å². The Morgan fingerprint density at radius 1 is 0.958 bits per heavy atom. The number of unbranched alkanes of at least 4 members (excludes halogenated alkanes) is 5. The van der Waals surface area contributed by atoms with Gasteiger partial charge in [-0.25, -0.2) is 9.37 Å². The summed E-state index contributed by atoms with van der Waals surface area (Å²) in [5.74, 6) is 0.844. The van der Waals surface area contributed by atoms with Crippen LogP contribution >= 0.6 is 0 Å². The molecule has 130 valence electrons. The third-order valence-corrected chi connectivity index (χ3v) is 3.95. The van der Waals surface area contributed by atoms with Crippen LogP contribution in [0.1, 0.15) is 45.4 Å².